The van der Waals surface area contributed by atoms with Crippen molar-refractivity contribution in [3.05, 3.63) is 24.0 Å². The number of pyridine rings is 1. The Kier molecular flexibility index (Phi) is 4.71. The van der Waals surface area contributed by atoms with Gasteiger partial charge in [-0.05, 0) is 24.4 Å². The van der Waals surface area contributed by atoms with Gasteiger partial charge in [-0.1, -0.05) is 0 Å². The monoisotopic (exact) mass is 332 g/mol. The number of anilines is 1. The van der Waals surface area contributed by atoms with Gasteiger partial charge in [0.05, 0.1) is 11.4 Å². The minimum absolute atomic E-state index is 0.112. The van der Waals surface area contributed by atoms with Crippen molar-refractivity contribution < 1.29 is 4.79 Å². The van der Waals surface area contributed by atoms with E-state index in [-0.39, 0.29) is 5.91 Å². The maximum absolute atomic E-state index is 11.3. The number of hydrogen-bond donors (Lipinski definition) is 2. The molecular formula is C15H20N6OS. The van der Waals surface area contributed by atoms with Crippen LogP contribution >= 0.6 is 12.2 Å². The number of aromatic nitrogens is 1. The van der Waals surface area contributed by atoms with Gasteiger partial charge in [0.15, 0.2) is 5.11 Å². The number of nitrogens with one attached hydrogen (secondary N) is 2. The van der Waals surface area contributed by atoms with Gasteiger partial charge in [0.1, 0.15) is 5.69 Å². The molecule has 0 saturated carbocycles. The summed E-state index contributed by atoms with van der Waals surface area (Å²) in [6.45, 7) is 5.28. The first-order valence-electron chi connectivity index (χ1n) is 7.71. The Labute approximate surface area is 140 Å². The minimum atomic E-state index is 0.112. The summed E-state index contributed by atoms with van der Waals surface area (Å²) in [5.41, 5.74) is 5.76. The lowest BCUT2D eigenvalue weighted by atomic mass is 10.1. The number of amides is 1. The number of hydrazone groups is 1. The van der Waals surface area contributed by atoms with Crippen molar-refractivity contribution >= 4 is 34.6 Å². The van der Waals surface area contributed by atoms with Gasteiger partial charge >= 0.3 is 0 Å². The van der Waals surface area contributed by atoms with Crippen LogP contribution in [0.15, 0.2) is 23.4 Å². The molecule has 0 aliphatic carbocycles. The molecule has 1 saturated heterocycles. The number of carbonyl (C=O) groups is 1. The van der Waals surface area contributed by atoms with E-state index in [4.69, 9.17) is 12.2 Å². The second-order valence-corrected chi connectivity index (χ2v) is 5.93. The van der Waals surface area contributed by atoms with Crippen molar-refractivity contribution in [1.82, 2.24) is 20.2 Å². The molecule has 0 radical (unpaired) electrons. The summed E-state index contributed by atoms with van der Waals surface area (Å²) in [7, 11) is 0. The highest BCUT2D eigenvalue weighted by Gasteiger charge is 2.21. The third-order valence-electron chi connectivity index (χ3n) is 4.06. The van der Waals surface area contributed by atoms with E-state index in [1.165, 1.54) is 0 Å². The summed E-state index contributed by atoms with van der Waals surface area (Å²) in [6, 6.07) is 3.90. The van der Waals surface area contributed by atoms with E-state index in [1.807, 2.05) is 21.9 Å². The molecule has 1 aromatic rings. The van der Waals surface area contributed by atoms with E-state index >= 15 is 0 Å². The SMILES string of the molecule is CC(=O)N1CCN(C(=S)N/N=C2/CCNc3cccnc32)CC1. The Bertz CT molecular complexity index is 639. The van der Waals surface area contributed by atoms with Crippen LogP contribution in [0.1, 0.15) is 19.0 Å². The highest BCUT2D eigenvalue weighted by atomic mass is 32.1. The predicted molar refractivity (Wildman–Crippen MR) is 93.4 cm³/mol. The molecule has 2 aliphatic heterocycles. The molecule has 3 heterocycles. The van der Waals surface area contributed by atoms with Gasteiger partial charge in [0, 0.05) is 52.3 Å². The van der Waals surface area contributed by atoms with Crippen LogP contribution in [0.4, 0.5) is 5.69 Å². The van der Waals surface area contributed by atoms with Crippen LogP contribution in [0.2, 0.25) is 0 Å². The average molecular weight is 332 g/mol. The van der Waals surface area contributed by atoms with E-state index in [0.717, 1.165) is 43.1 Å². The molecule has 2 N–H and O–H groups in total. The number of rotatable bonds is 1. The molecule has 0 unspecified atom stereocenters. The summed E-state index contributed by atoms with van der Waals surface area (Å²) in [5.74, 6) is 0.112. The van der Waals surface area contributed by atoms with Crippen LogP contribution in [0.5, 0.6) is 0 Å². The molecule has 0 atom stereocenters. The fourth-order valence-corrected chi connectivity index (χ4v) is 2.96. The number of nitrogens with zero attached hydrogens (tertiary/aromatic N) is 4. The topological polar surface area (TPSA) is 72.9 Å². The Morgan fingerprint density at radius 2 is 2.09 bits per heavy atom. The molecule has 23 heavy (non-hydrogen) atoms. The zero-order valence-electron chi connectivity index (χ0n) is 13.1. The van der Waals surface area contributed by atoms with Crippen LogP contribution in [0.25, 0.3) is 0 Å². The standard InChI is InChI=1S/C15H20N6OS/c1-11(22)20-7-9-21(10-8-20)15(23)19-18-13-4-6-16-12-3-2-5-17-14(12)13/h2-3,5,16H,4,6-10H2,1H3,(H,19,23)/b18-13-. The lowest BCUT2D eigenvalue weighted by Gasteiger charge is -2.35. The summed E-state index contributed by atoms with van der Waals surface area (Å²) in [5, 5.41) is 8.36. The quantitative estimate of drug-likeness (QED) is 0.581. The van der Waals surface area contributed by atoms with Gasteiger partial charge in [-0.15, -0.1) is 0 Å². The number of piperazine rings is 1. The van der Waals surface area contributed by atoms with Crippen LogP contribution in [0.3, 0.4) is 0 Å². The van der Waals surface area contributed by atoms with Crippen LogP contribution < -0.4 is 10.7 Å². The minimum Gasteiger partial charge on any atom is -0.383 e. The summed E-state index contributed by atoms with van der Waals surface area (Å²) < 4.78 is 0. The smallest absolute Gasteiger partial charge is 0.219 e. The maximum Gasteiger partial charge on any atom is 0.219 e. The van der Waals surface area contributed by atoms with Gasteiger partial charge in [-0.25, -0.2) is 0 Å². The maximum atomic E-state index is 11.3. The fourth-order valence-electron chi connectivity index (χ4n) is 2.73. The third-order valence-corrected chi connectivity index (χ3v) is 4.41. The number of carbonyl (C=O) groups excluding carboxylic acids is 1. The molecule has 122 valence electrons. The van der Waals surface area contributed by atoms with Crippen LogP contribution in [-0.4, -0.2) is 64.2 Å². The van der Waals surface area contributed by atoms with Crippen LogP contribution in [0, 0.1) is 0 Å². The number of thiocarbonyl (C=S) groups is 1. The Morgan fingerprint density at radius 1 is 1.35 bits per heavy atom. The Morgan fingerprint density at radius 3 is 2.83 bits per heavy atom. The van der Waals surface area contributed by atoms with Crippen molar-refractivity contribution in [3.8, 4) is 0 Å². The molecule has 0 spiro atoms. The highest BCUT2D eigenvalue weighted by Crippen LogP contribution is 2.18. The highest BCUT2D eigenvalue weighted by molar-refractivity contribution is 7.80. The Balaban J connectivity index is 1.61. The molecule has 0 bridgehead atoms. The predicted octanol–water partition coefficient (Wildman–Crippen LogP) is 0.640. The van der Waals surface area contributed by atoms with E-state index in [1.54, 1.807) is 13.1 Å². The van der Waals surface area contributed by atoms with Crippen molar-refractivity contribution in [3.63, 3.8) is 0 Å². The molecule has 1 amide bonds. The zero-order valence-corrected chi connectivity index (χ0v) is 13.9. The largest absolute Gasteiger partial charge is 0.383 e. The van der Waals surface area contributed by atoms with E-state index < -0.39 is 0 Å². The molecule has 1 fully saturated rings. The number of fused-ring (bicyclic) bond motifs is 1. The second-order valence-electron chi connectivity index (χ2n) is 5.54. The molecule has 0 aromatic carbocycles. The van der Waals surface area contributed by atoms with E-state index in [9.17, 15) is 4.79 Å². The lowest BCUT2D eigenvalue weighted by molar-refractivity contribution is -0.130. The summed E-state index contributed by atoms with van der Waals surface area (Å²) in [6.07, 6.45) is 2.57. The summed E-state index contributed by atoms with van der Waals surface area (Å²) >= 11 is 5.41. The van der Waals surface area contributed by atoms with Gasteiger partial charge in [0.2, 0.25) is 5.91 Å². The number of hydrogen-bond acceptors (Lipinski definition) is 5. The van der Waals surface area contributed by atoms with Gasteiger partial charge in [-0.3, -0.25) is 15.2 Å². The normalized spacial score (nSPS) is 19.1. The summed E-state index contributed by atoms with van der Waals surface area (Å²) in [4.78, 5) is 19.6. The first-order valence-corrected chi connectivity index (χ1v) is 8.12. The Hall–Kier alpha value is -2.22. The zero-order chi connectivity index (χ0) is 16.2. The van der Waals surface area contributed by atoms with E-state index in [2.05, 4.69) is 20.8 Å². The fraction of sp³-hybridized carbons (Fsp3) is 0.467. The molecule has 7 nitrogen and oxygen atoms in total. The van der Waals surface area contributed by atoms with Gasteiger partial charge < -0.3 is 15.1 Å². The molecule has 8 heteroatoms. The molecule has 1 aromatic heterocycles. The van der Waals surface area contributed by atoms with Crippen molar-refractivity contribution in [2.75, 3.05) is 38.0 Å². The second kappa shape index (κ2) is 6.91. The van der Waals surface area contributed by atoms with Gasteiger partial charge in [0.25, 0.3) is 0 Å². The van der Waals surface area contributed by atoms with Crippen molar-refractivity contribution in [1.29, 1.82) is 0 Å². The first-order chi connectivity index (χ1) is 11.1. The molecule has 2 aliphatic rings. The van der Waals surface area contributed by atoms with Crippen molar-refractivity contribution in [2.45, 2.75) is 13.3 Å². The molecule has 3 rings (SSSR count). The van der Waals surface area contributed by atoms with Crippen molar-refractivity contribution in [2.24, 2.45) is 5.10 Å². The van der Waals surface area contributed by atoms with Gasteiger partial charge in [-0.2, -0.15) is 5.10 Å². The average Bonchev–Trinajstić information content (AvgIpc) is 2.59. The van der Waals surface area contributed by atoms with Crippen LogP contribution in [-0.2, 0) is 4.79 Å². The third kappa shape index (κ3) is 3.58. The van der Waals surface area contributed by atoms with E-state index in [0.29, 0.717) is 18.2 Å². The molecular weight excluding hydrogens is 312 g/mol. The lowest BCUT2D eigenvalue weighted by Crippen LogP contribution is -2.52. The first kappa shape index (κ1) is 15.7.